The van der Waals surface area contributed by atoms with Crippen molar-refractivity contribution in [3.8, 4) is 5.69 Å². The van der Waals surface area contributed by atoms with Crippen LogP contribution in [0.25, 0.3) is 16.7 Å². The molecule has 2 aliphatic rings. The summed E-state index contributed by atoms with van der Waals surface area (Å²) in [6, 6.07) is 0.908. The Labute approximate surface area is 235 Å². The molecular formula is C26H21F9N4O4. The minimum Gasteiger partial charge on any atom is -0.396 e. The number of carbonyl (C=O) groups excluding carboxylic acids is 1. The Balaban J connectivity index is 1.70. The summed E-state index contributed by atoms with van der Waals surface area (Å²) in [5.74, 6) is -19.8. The number of amides is 1. The maximum Gasteiger partial charge on any atom is 0.358 e. The summed E-state index contributed by atoms with van der Waals surface area (Å²) >= 11 is 0. The van der Waals surface area contributed by atoms with Crippen LogP contribution in [0.3, 0.4) is 0 Å². The first-order valence-corrected chi connectivity index (χ1v) is 12.6. The van der Waals surface area contributed by atoms with E-state index in [0.717, 1.165) is 5.32 Å². The van der Waals surface area contributed by atoms with E-state index in [-0.39, 0.29) is 38.1 Å². The van der Waals surface area contributed by atoms with Gasteiger partial charge in [0.25, 0.3) is 11.7 Å². The molecule has 1 aliphatic heterocycles. The Bertz CT molecular complexity index is 1650. The minimum absolute atomic E-state index is 0.141. The average Bonchev–Trinajstić information content (AvgIpc) is 3.76. The average molecular weight is 624 g/mol. The predicted molar refractivity (Wildman–Crippen MR) is 131 cm³/mol. The molecule has 1 atom stereocenters. The molecule has 1 aromatic carbocycles. The largest absolute Gasteiger partial charge is 0.396 e. The van der Waals surface area contributed by atoms with Crippen molar-refractivity contribution < 1.29 is 54.5 Å². The van der Waals surface area contributed by atoms with E-state index >= 15 is 8.78 Å². The molecule has 43 heavy (non-hydrogen) atoms. The number of carbonyl (C=O) groups is 1. The summed E-state index contributed by atoms with van der Waals surface area (Å²) in [5.41, 5.74) is -5.73. The first kappa shape index (κ1) is 30.6. The van der Waals surface area contributed by atoms with E-state index < -0.39 is 105 Å². The summed E-state index contributed by atoms with van der Waals surface area (Å²) in [4.78, 5) is 31.5. The molecule has 1 aliphatic carbocycles. The highest BCUT2D eigenvalue weighted by atomic mass is 19.3. The van der Waals surface area contributed by atoms with Crippen LogP contribution in [0.15, 0.2) is 29.2 Å². The summed E-state index contributed by atoms with van der Waals surface area (Å²) < 4.78 is 129. The molecule has 8 nitrogen and oxygen atoms in total. The molecule has 0 bridgehead atoms. The van der Waals surface area contributed by atoms with Gasteiger partial charge in [0.1, 0.15) is 17.1 Å². The van der Waals surface area contributed by atoms with Crippen LogP contribution < -0.4 is 15.6 Å². The third-order valence-corrected chi connectivity index (χ3v) is 7.60. The van der Waals surface area contributed by atoms with E-state index in [4.69, 9.17) is 0 Å². The lowest BCUT2D eigenvalue weighted by Crippen LogP contribution is -2.62. The highest BCUT2D eigenvalue weighted by molar-refractivity contribution is 5.98. The number of alkyl halides is 5. The van der Waals surface area contributed by atoms with Crippen LogP contribution in [0.2, 0.25) is 0 Å². The van der Waals surface area contributed by atoms with E-state index in [1.54, 1.807) is 0 Å². The predicted octanol–water partition coefficient (Wildman–Crippen LogP) is 3.44. The number of aromatic nitrogens is 2. The number of hydrogen-bond donors (Lipinski definition) is 3. The normalized spacial score (nSPS) is 18.1. The van der Waals surface area contributed by atoms with Crippen LogP contribution in [0.4, 0.5) is 45.3 Å². The molecule has 3 heterocycles. The lowest BCUT2D eigenvalue weighted by molar-refractivity contribution is -0.229. The van der Waals surface area contributed by atoms with Crippen LogP contribution in [-0.4, -0.2) is 70.1 Å². The molecule has 0 radical (unpaired) electrons. The molecular weight excluding hydrogens is 603 g/mol. The smallest absolute Gasteiger partial charge is 0.358 e. The van der Waals surface area contributed by atoms with Crippen molar-refractivity contribution in [1.29, 1.82) is 0 Å². The molecule has 2 aromatic heterocycles. The molecule has 5 rings (SSSR count). The minimum atomic E-state index is -5.41. The fraction of sp³-hybridized carbons (Fsp3) is 0.423. The van der Waals surface area contributed by atoms with Gasteiger partial charge in [-0.1, -0.05) is 0 Å². The van der Waals surface area contributed by atoms with E-state index in [9.17, 15) is 50.5 Å². The maximum atomic E-state index is 15.4. The fourth-order valence-electron chi connectivity index (χ4n) is 5.03. The first-order valence-electron chi connectivity index (χ1n) is 12.6. The van der Waals surface area contributed by atoms with Gasteiger partial charge >= 0.3 is 12.3 Å². The molecule has 1 saturated heterocycles. The second kappa shape index (κ2) is 10.4. The van der Waals surface area contributed by atoms with E-state index in [0.29, 0.717) is 16.8 Å². The Hall–Kier alpha value is -3.86. The van der Waals surface area contributed by atoms with Gasteiger partial charge in [-0.2, -0.15) is 8.78 Å². The number of rotatable bonds is 9. The van der Waals surface area contributed by atoms with Crippen LogP contribution in [0.5, 0.6) is 0 Å². The molecule has 3 aromatic rings. The Kier molecular flexibility index (Phi) is 7.40. The van der Waals surface area contributed by atoms with Crippen molar-refractivity contribution in [1.82, 2.24) is 14.9 Å². The van der Waals surface area contributed by atoms with Crippen LogP contribution in [-0.2, 0) is 0 Å². The second-order valence-electron chi connectivity index (χ2n) is 10.7. The lowest BCUT2D eigenvalue weighted by Gasteiger charge is -2.48. The number of benzene rings is 1. The standard InChI is InChI=1S/C26H21F9N4O4/c27-12-3-15(28)18(16(29)4-12)39-6-14(22(43)37-26(35,11-1-2-11)25(33,34)23(31)32)19(42)13-5-17(30)21(36-20(13)39)38-7-24(8-38,9-40)10-41/h3-6,11,23,40-41H,1-2,7-10H2,(H,37,43). The van der Waals surface area contributed by atoms with E-state index in [2.05, 4.69) is 4.98 Å². The number of halogens is 9. The first-order chi connectivity index (χ1) is 20.1. The number of nitrogens with zero attached hydrogens (tertiary/aromatic N) is 3. The number of anilines is 1. The zero-order valence-corrected chi connectivity index (χ0v) is 21.7. The van der Waals surface area contributed by atoms with Gasteiger partial charge in [-0.25, -0.2) is 35.7 Å². The maximum absolute atomic E-state index is 15.4. The molecule has 3 N–H and O–H groups in total. The second-order valence-corrected chi connectivity index (χ2v) is 10.7. The zero-order valence-electron chi connectivity index (χ0n) is 21.7. The monoisotopic (exact) mass is 624 g/mol. The van der Waals surface area contributed by atoms with Crippen molar-refractivity contribution in [3.63, 3.8) is 0 Å². The number of fused-ring (bicyclic) bond motifs is 1. The van der Waals surface area contributed by atoms with Gasteiger partial charge in [-0.3, -0.25) is 14.2 Å². The Morgan fingerprint density at radius 2 is 1.60 bits per heavy atom. The number of nitrogens with one attached hydrogen (secondary N) is 1. The van der Waals surface area contributed by atoms with Gasteiger partial charge in [0.2, 0.25) is 5.43 Å². The van der Waals surface area contributed by atoms with Crippen molar-refractivity contribution in [2.45, 2.75) is 31.0 Å². The molecule has 1 amide bonds. The Morgan fingerprint density at radius 3 is 2.12 bits per heavy atom. The molecule has 2 fully saturated rings. The number of aliphatic hydroxyl groups is 2. The van der Waals surface area contributed by atoms with Crippen LogP contribution in [0, 0.1) is 34.6 Å². The van der Waals surface area contributed by atoms with Gasteiger partial charge in [0.15, 0.2) is 28.9 Å². The fourth-order valence-corrected chi connectivity index (χ4v) is 5.03. The van der Waals surface area contributed by atoms with Gasteiger partial charge in [0, 0.05) is 37.3 Å². The summed E-state index contributed by atoms with van der Waals surface area (Å²) in [6.45, 7) is -1.27. The summed E-state index contributed by atoms with van der Waals surface area (Å²) in [6.07, 6.45) is -4.84. The molecule has 1 saturated carbocycles. The van der Waals surface area contributed by atoms with Crippen LogP contribution in [0.1, 0.15) is 23.2 Å². The quantitative estimate of drug-likeness (QED) is 0.249. The lowest BCUT2D eigenvalue weighted by atomic mass is 9.81. The number of pyridine rings is 2. The number of aliphatic hydroxyl groups excluding tert-OH is 2. The van der Waals surface area contributed by atoms with Crippen molar-refractivity contribution in [2.75, 3.05) is 31.2 Å². The third-order valence-electron chi connectivity index (χ3n) is 7.60. The van der Waals surface area contributed by atoms with Gasteiger partial charge in [0.05, 0.1) is 24.0 Å². The van der Waals surface area contributed by atoms with Crippen molar-refractivity contribution >= 4 is 22.8 Å². The number of hydrogen-bond acceptors (Lipinski definition) is 6. The van der Waals surface area contributed by atoms with E-state index in [1.807, 2.05) is 0 Å². The van der Waals surface area contributed by atoms with E-state index in [1.165, 1.54) is 4.90 Å². The SMILES string of the molecule is O=C(NC(F)(C1CC1)C(F)(F)C(F)F)c1cn(-c2c(F)cc(F)cc2F)c2nc(N3CC(CO)(CO)C3)c(F)cc2c1=O. The highest BCUT2D eigenvalue weighted by Gasteiger charge is 2.68. The molecule has 1 unspecified atom stereocenters. The summed E-state index contributed by atoms with van der Waals surface area (Å²) in [7, 11) is 0. The molecule has 0 spiro atoms. The van der Waals surface area contributed by atoms with Crippen molar-refractivity contribution in [2.24, 2.45) is 11.3 Å². The van der Waals surface area contributed by atoms with Crippen LogP contribution >= 0.6 is 0 Å². The van der Waals surface area contributed by atoms with Gasteiger partial charge < -0.3 is 20.4 Å². The molecule has 232 valence electrons. The summed E-state index contributed by atoms with van der Waals surface area (Å²) in [5, 5.41) is 19.3. The molecule has 17 heteroatoms. The van der Waals surface area contributed by atoms with Gasteiger partial charge in [-0.05, 0) is 18.9 Å². The van der Waals surface area contributed by atoms with Gasteiger partial charge in [-0.15, -0.1) is 0 Å². The topological polar surface area (TPSA) is 108 Å². The van der Waals surface area contributed by atoms with Crippen molar-refractivity contribution in [3.05, 3.63) is 63.5 Å². The highest BCUT2D eigenvalue weighted by Crippen LogP contribution is 2.50. The Morgan fingerprint density at radius 1 is 1.02 bits per heavy atom. The third kappa shape index (κ3) is 4.87. The zero-order chi connectivity index (χ0) is 31.6.